The van der Waals surface area contributed by atoms with Crippen LogP contribution < -0.4 is 5.32 Å². The number of aryl methyl sites for hydroxylation is 1. The number of hydrogen-bond acceptors (Lipinski definition) is 4. The van der Waals surface area contributed by atoms with Crippen molar-refractivity contribution < 1.29 is 4.79 Å². The van der Waals surface area contributed by atoms with Crippen molar-refractivity contribution in [2.24, 2.45) is 0 Å². The SMILES string of the molecule is Cc1ccc(NC(=O)CN2CCn3c(nnc3-c3ccccc3)C2)cc1. The smallest absolute Gasteiger partial charge is 0.238 e. The molecule has 6 heteroatoms. The molecule has 26 heavy (non-hydrogen) atoms. The van der Waals surface area contributed by atoms with Crippen molar-refractivity contribution in [3.8, 4) is 11.4 Å². The zero-order valence-electron chi connectivity index (χ0n) is 14.7. The van der Waals surface area contributed by atoms with Crippen LogP contribution in [0.3, 0.4) is 0 Å². The minimum absolute atomic E-state index is 0.00917. The highest BCUT2D eigenvalue weighted by Gasteiger charge is 2.23. The average molecular weight is 347 g/mol. The van der Waals surface area contributed by atoms with Gasteiger partial charge in [0.15, 0.2) is 5.82 Å². The number of nitrogens with zero attached hydrogens (tertiary/aromatic N) is 4. The normalized spacial score (nSPS) is 14.0. The zero-order chi connectivity index (χ0) is 17.9. The van der Waals surface area contributed by atoms with Gasteiger partial charge in [0, 0.05) is 24.3 Å². The van der Waals surface area contributed by atoms with Crippen LogP contribution in [0.5, 0.6) is 0 Å². The van der Waals surface area contributed by atoms with Gasteiger partial charge in [0.1, 0.15) is 5.82 Å². The Bertz CT molecular complexity index is 902. The summed E-state index contributed by atoms with van der Waals surface area (Å²) in [4.78, 5) is 14.4. The molecule has 0 fully saturated rings. The number of rotatable bonds is 4. The lowest BCUT2D eigenvalue weighted by Crippen LogP contribution is -2.39. The van der Waals surface area contributed by atoms with Gasteiger partial charge < -0.3 is 9.88 Å². The molecule has 0 bridgehead atoms. The number of carbonyl (C=O) groups is 1. The molecular formula is C20H21N5O. The molecule has 0 saturated carbocycles. The second-order valence-corrected chi connectivity index (χ2v) is 6.58. The predicted molar refractivity (Wildman–Crippen MR) is 101 cm³/mol. The quantitative estimate of drug-likeness (QED) is 0.788. The van der Waals surface area contributed by atoms with Crippen LogP contribution in [-0.2, 0) is 17.9 Å². The number of aromatic nitrogens is 3. The number of fused-ring (bicyclic) bond motifs is 1. The fourth-order valence-electron chi connectivity index (χ4n) is 3.18. The highest BCUT2D eigenvalue weighted by Crippen LogP contribution is 2.21. The molecule has 0 saturated heterocycles. The predicted octanol–water partition coefficient (Wildman–Crippen LogP) is 2.71. The van der Waals surface area contributed by atoms with Gasteiger partial charge in [-0.25, -0.2) is 0 Å². The van der Waals surface area contributed by atoms with Crippen molar-refractivity contribution in [1.29, 1.82) is 0 Å². The van der Waals surface area contributed by atoms with Crippen LogP contribution in [0, 0.1) is 6.92 Å². The molecule has 132 valence electrons. The Morgan fingerprint density at radius 3 is 2.58 bits per heavy atom. The van der Waals surface area contributed by atoms with Crippen molar-refractivity contribution in [1.82, 2.24) is 19.7 Å². The third-order valence-corrected chi connectivity index (χ3v) is 4.57. The molecular weight excluding hydrogens is 326 g/mol. The summed E-state index contributed by atoms with van der Waals surface area (Å²) in [6, 6.07) is 17.9. The standard InChI is InChI=1S/C20H21N5O/c1-15-7-9-17(10-8-15)21-19(26)14-24-11-12-25-18(13-24)22-23-20(25)16-5-3-2-4-6-16/h2-10H,11-14H2,1H3,(H,21,26). The van der Waals surface area contributed by atoms with Gasteiger partial charge in [-0.2, -0.15) is 0 Å². The number of anilines is 1. The number of amides is 1. The Labute approximate surface area is 152 Å². The molecule has 1 aliphatic rings. The van der Waals surface area contributed by atoms with E-state index in [0.29, 0.717) is 13.1 Å². The molecule has 3 aromatic rings. The summed E-state index contributed by atoms with van der Waals surface area (Å²) in [6.45, 7) is 4.58. The molecule has 1 aliphatic heterocycles. The molecule has 0 aliphatic carbocycles. The number of benzene rings is 2. The van der Waals surface area contributed by atoms with E-state index < -0.39 is 0 Å². The minimum atomic E-state index is -0.00917. The fourth-order valence-corrected chi connectivity index (χ4v) is 3.18. The van der Waals surface area contributed by atoms with Gasteiger partial charge in [-0.05, 0) is 19.1 Å². The van der Waals surface area contributed by atoms with Crippen LogP contribution in [0.15, 0.2) is 54.6 Å². The van der Waals surface area contributed by atoms with Gasteiger partial charge in [0.25, 0.3) is 0 Å². The maximum atomic E-state index is 12.3. The summed E-state index contributed by atoms with van der Waals surface area (Å²) < 4.78 is 2.14. The first-order valence-electron chi connectivity index (χ1n) is 8.75. The van der Waals surface area contributed by atoms with E-state index in [1.54, 1.807) is 0 Å². The molecule has 1 N–H and O–H groups in total. The van der Waals surface area contributed by atoms with E-state index in [2.05, 4.69) is 25.0 Å². The van der Waals surface area contributed by atoms with Crippen LogP contribution >= 0.6 is 0 Å². The van der Waals surface area contributed by atoms with Crippen LogP contribution in [0.1, 0.15) is 11.4 Å². The first-order valence-corrected chi connectivity index (χ1v) is 8.75. The summed E-state index contributed by atoms with van der Waals surface area (Å²) in [5, 5.41) is 11.6. The van der Waals surface area contributed by atoms with Gasteiger partial charge in [0.2, 0.25) is 5.91 Å². The lowest BCUT2D eigenvalue weighted by molar-refractivity contribution is -0.117. The van der Waals surface area contributed by atoms with Gasteiger partial charge in [-0.1, -0.05) is 48.0 Å². The maximum absolute atomic E-state index is 12.3. The summed E-state index contributed by atoms with van der Waals surface area (Å²) in [7, 11) is 0. The van der Waals surface area contributed by atoms with Gasteiger partial charge >= 0.3 is 0 Å². The molecule has 2 heterocycles. The lowest BCUT2D eigenvalue weighted by atomic mass is 10.2. The van der Waals surface area contributed by atoms with Crippen molar-refractivity contribution in [3.63, 3.8) is 0 Å². The van der Waals surface area contributed by atoms with E-state index in [4.69, 9.17) is 0 Å². The summed E-state index contributed by atoms with van der Waals surface area (Å²) in [5.41, 5.74) is 3.07. The largest absolute Gasteiger partial charge is 0.325 e. The molecule has 4 rings (SSSR count). The Morgan fingerprint density at radius 2 is 1.81 bits per heavy atom. The molecule has 0 unspecified atom stereocenters. The Balaban J connectivity index is 1.40. The van der Waals surface area contributed by atoms with Crippen molar-refractivity contribution in [2.75, 3.05) is 18.4 Å². The van der Waals surface area contributed by atoms with Crippen LogP contribution in [0.25, 0.3) is 11.4 Å². The minimum Gasteiger partial charge on any atom is -0.325 e. The van der Waals surface area contributed by atoms with Gasteiger partial charge in [-0.3, -0.25) is 9.69 Å². The third kappa shape index (κ3) is 3.50. The van der Waals surface area contributed by atoms with Gasteiger partial charge in [-0.15, -0.1) is 10.2 Å². The Kier molecular flexibility index (Phi) is 4.50. The van der Waals surface area contributed by atoms with Gasteiger partial charge in [0.05, 0.1) is 13.1 Å². The summed E-state index contributed by atoms with van der Waals surface area (Å²) >= 11 is 0. The Morgan fingerprint density at radius 1 is 1.04 bits per heavy atom. The summed E-state index contributed by atoms with van der Waals surface area (Å²) in [5.74, 6) is 1.78. The second kappa shape index (κ2) is 7.09. The maximum Gasteiger partial charge on any atom is 0.238 e. The zero-order valence-corrected chi connectivity index (χ0v) is 14.7. The molecule has 0 atom stereocenters. The second-order valence-electron chi connectivity index (χ2n) is 6.58. The van der Waals surface area contributed by atoms with E-state index in [-0.39, 0.29) is 5.91 Å². The summed E-state index contributed by atoms with van der Waals surface area (Å²) in [6.07, 6.45) is 0. The fraction of sp³-hybridized carbons (Fsp3) is 0.250. The number of hydrogen-bond donors (Lipinski definition) is 1. The van der Waals surface area contributed by atoms with E-state index >= 15 is 0 Å². The topological polar surface area (TPSA) is 63.1 Å². The average Bonchev–Trinajstić information content (AvgIpc) is 3.07. The van der Waals surface area contributed by atoms with E-state index in [1.807, 2.05) is 61.5 Å². The van der Waals surface area contributed by atoms with Crippen LogP contribution in [-0.4, -0.2) is 38.7 Å². The molecule has 1 amide bonds. The Hall–Kier alpha value is -2.99. The first-order chi connectivity index (χ1) is 12.7. The molecule has 2 aromatic carbocycles. The van der Waals surface area contributed by atoms with E-state index in [9.17, 15) is 4.79 Å². The van der Waals surface area contributed by atoms with Crippen LogP contribution in [0.4, 0.5) is 5.69 Å². The van der Waals surface area contributed by atoms with Crippen LogP contribution in [0.2, 0.25) is 0 Å². The van der Waals surface area contributed by atoms with Crippen molar-refractivity contribution >= 4 is 11.6 Å². The number of nitrogens with one attached hydrogen (secondary N) is 1. The van der Waals surface area contributed by atoms with Crippen molar-refractivity contribution in [2.45, 2.75) is 20.0 Å². The lowest BCUT2D eigenvalue weighted by Gasteiger charge is -2.27. The highest BCUT2D eigenvalue weighted by molar-refractivity contribution is 5.92. The van der Waals surface area contributed by atoms with Crippen molar-refractivity contribution in [3.05, 3.63) is 66.0 Å². The monoisotopic (exact) mass is 347 g/mol. The van der Waals surface area contributed by atoms with E-state index in [0.717, 1.165) is 36.0 Å². The van der Waals surface area contributed by atoms with E-state index in [1.165, 1.54) is 5.56 Å². The third-order valence-electron chi connectivity index (χ3n) is 4.57. The first kappa shape index (κ1) is 16.5. The molecule has 0 radical (unpaired) electrons. The highest BCUT2D eigenvalue weighted by atomic mass is 16.2. The molecule has 0 spiro atoms. The molecule has 1 aromatic heterocycles. The molecule has 6 nitrogen and oxygen atoms in total. The number of carbonyl (C=O) groups excluding carboxylic acids is 1.